The normalized spacial score (nSPS) is 19.5. The first-order chi connectivity index (χ1) is 8.50. The lowest BCUT2D eigenvalue weighted by Crippen LogP contribution is -2.49. The van der Waals surface area contributed by atoms with E-state index in [-0.39, 0.29) is 4.90 Å². The third kappa shape index (κ3) is 2.90. The predicted octanol–water partition coefficient (Wildman–Crippen LogP) is 0.372. The van der Waals surface area contributed by atoms with E-state index in [0.717, 1.165) is 19.6 Å². The van der Waals surface area contributed by atoms with Gasteiger partial charge in [-0.1, -0.05) is 13.8 Å². The van der Waals surface area contributed by atoms with Gasteiger partial charge in [0.15, 0.2) is 0 Å². The molecule has 1 saturated heterocycles. The Morgan fingerprint density at radius 2 is 2.00 bits per heavy atom. The van der Waals surface area contributed by atoms with Gasteiger partial charge < -0.3 is 4.90 Å². The van der Waals surface area contributed by atoms with Crippen LogP contribution in [0.4, 0.5) is 0 Å². The summed E-state index contributed by atoms with van der Waals surface area (Å²) in [6.07, 6.45) is 2.78. The van der Waals surface area contributed by atoms with Crippen LogP contribution in [-0.4, -0.2) is 60.5 Å². The van der Waals surface area contributed by atoms with Crippen molar-refractivity contribution in [3.63, 3.8) is 0 Å². The lowest BCUT2D eigenvalue weighted by atomic mass is 10.2. The van der Waals surface area contributed by atoms with Crippen molar-refractivity contribution < 1.29 is 8.42 Å². The van der Waals surface area contributed by atoms with Crippen LogP contribution in [0.15, 0.2) is 17.3 Å². The number of nitrogens with one attached hydrogen (secondary N) is 1. The first-order valence-corrected chi connectivity index (χ1v) is 7.65. The molecule has 0 aromatic carbocycles. The van der Waals surface area contributed by atoms with Crippen LogP contribution >= 0.6 is 0 Å². The average Bonchev–Trinajstić information content (AvgIpc) is 2.83. The zero-order valence-electron chi connectivity index (χ0n) is 10.8. The van der Waals surface area contributed by atoms with Crippen molar-refractivity contribution in [1.29, 1.82) is 0 Å². The van der Waals surface area contributed by atoms with Gasteiger partial charge in [-0.25, -0.2) is 8.42 Å². The zero-order chi connectivity index (χ0) is 13.2. The van der Waals surface area contributed by atoms with Crippen LogP contribution in [0.2, 0.25) is 0 Å². The molecule has 0 atom stereocenters. The van der Waals surface area contributed by atoms with Crippen LogP contribution < -0.4 is 0 Å². The van der Waals surface area contributed by atoms with E-state index in [1.165, 1.54) is 16.7 Å². The summed E-state index contributed by atoms with van der Waals surface area (Å²) >= 11 is 0. The molecule has 7 heteroatoms. The molecule has 0 radical (unpaired) electrons. The number of aromatic nitrogens is 2. The van der Waals surface area contributed by atoms with Crippen molar-refractivity contribution in [3.8, 4) is 0 Å². The number of hydrogen-bond donors (Lipinski definition) is 1. The molecule has 0 spiro atoms. The highest BCUT2D eigenvalue weighted by Gasteiger charge is 2.29. The number of piperazine rings is 1. The lowest BCUT2D eigenvalue weighted by molar-refractivity contribution is 0.172. The largest absolute Gasteiger partial charge is 0.300 e. The number of hydrogen-bond acceptors (Lipinski definition) is 4. The van der Waals surface area contributed by atoms with Gasteiger partial charge in [0.05, 0.1) is 6.20 Å². The van der Waals surface area contributed by atoms with E-state index >= 15 is 0 Å². The molecule has 0 unspecified atom stereocenters. The molecule has 18 heavy (non-hydrogen) atoms. The first-order valence-electron chi connectivity index (χ1n) is 6.21. The summed E-state index contributed by atoms with van der Waals surface area (Å²) in [5.41, 5.74) is 0. The minimum atomic E-state index is -3.36. The Bertz CT molecular complexity index is 461. The van der Waals surface area contributed by atoms with Crippen molar-refractivity contribution in [1.82, 2.24) is 19.4 Å². The van der Waals surface area contributed by atoms with Crippen LogP contribution in [0.5, 0.6) is 0 Å². The van der Waals surface area contributed by atoms with Crippen molar-refractivity contribution in [2.45, 2.75) is 18.7 Å². The molecule has 1 aliphatic heterocycles. The topological polar surface area (TPSA) is 69.3 Å². The minimum Gasteiger partial charge on any atom is -0.300 e. The molecular formula is C11H20N4O2S. The fourth-order valence-electron chi connectivity index (χ4n) is 2.20. The maximum Gasteiger partial charge on any atom is 0.246 e. The summed E-state index contributed by atoms with van der Waals surface area (Å²) < 4.78 is 26.0. The molecule has 6 nitrogen and oxygen atoms in total. The highest BCUT2D eigenvalue weighted by atomic mass is 32.2. The van der Waals surface area contributed by atoms with Gasteiger partial charge >= 0.3 is 0 Å². The van der Waals surface area contributed by atoms with Crippen LogP contribution in [-0.2, 0) is 10.0 Å². The van der Waals surface area contributed by atoms with E-state index in [4.69, 9.17) is 0 Å². The van der Waals surface area contributed by atoms with Crippen molar-refractivity contribution >= 4 is 10.0 Å². The molecule has 1 fully saturated rings. The molecule has 1 aromatic heterocycles. The fourth-order valence-corrected chi connectivity index (χ4v) is 3.53. The molecule has 0 aliphatic carbocycles. The molecular weight excluding hydrogens is 252 g/mol. The van der Waals surface area contributed by atoms with Gasteiger partial charge in [-0.2, -0.15) is 9.40 Å². The molecule has 0 saturated carbocycles. The van der Waals surface area contributed by atoms with Gasteiger partial charge in [-0.3, -0.25) is 5.10 Å². The number of nitrogens with zero attached hydrogens (tertiary/aromatic N) is 3. The van der Waals surface area contributed by atoms with Crippen molar-refractivity contribution in [2.24, 2.45) is 5.92 Å². The monoisotopic (exact) mass is 272 g/mol. The molecule has 0 bridgehead atoms. The molecule has 2 heterocycles. The number of rotatable bonds is 4. The molecule has 102 valence electrons. The Morgan fingerprint density at radius 1 is 1.33 bits per heavy atom. The maximum absolute atomic E-state index is 12.2. The first kappa shape index (κ1) is 13.5. The summed E-state index contributed by atoms with van der Waals surface area (Å²) in [7, 11) is -3.36. The maximum atomic E-state index is 12.2. The van der Waals surface area contributed by atoms with Crippen molar-refractivity contribution in [2.75, 3.05) is 32.7 Å². The quantitative estimate of drug-likeness (QED) is 0.860. The highest BCUT2D eigenvalue weighted by Crippen LogP contribution is 2.16. The smallest absolute Gasteiger partial charge is 0.246 e. The van der Waals surface area contributed by atoms with Gasteiger partial charge in [-0.05, 0) is 5.92 Å². The number of aromatic amines is 1. The number of sulfonamides is 1. The predicted molar refractivity (Wildman–Crippen MR) is 68.6 cm³/mol. The van der Waals surface area contributed by atoms with E-state index in [1.807, 2.05) is 0 Å². The van der Waals surface area contributed by atoms with Gasteiger partial charge in [-0.15, -0.1) is 0 Å². The van der Waals surface area contributed by atoms with E-state index in [2.05, 4.69) is 28.9 Å². The second-order valence-corrected chi connectivity index (χ2v) is 6.97. The molecule has 1 aromatic rings. The summed E-state index contributed by atoms with van der Waals surface area (Å²) in [5, 5.41) is 6.24. The Morgan fingerprint density at radius 3 is 2.50 bits per heavy atom. The molecule has 2 rings (SSSR count). The molecule has 1 N–H and O–H groups in total. The zero-order valence-corrected chi connectivity index (χ0v) is 11.7. The minimum absolute atomic E-state index is 0.250. The van der Waals surface area contributed by atoms with E-state index < -0.39 is 10.0 Å². The van der Waals surface area contributed by atoms with E-state index in [9.17, 15) is 8.42 Å². The average molecular weight is 272 g/mol. The van der Waals surface area contributed by atoms with Crippen molar-refractivity contribution in [3.05, 3.63) is 12.4 Å². The standard InChI is InChI=1S/C11H20N4O2S/c1-10(2)9-14-3-5-15(6-4-14)18(16,17)11-7-12-13-8-11/h7-8,10H,3-6,9H2,1-2H3,(H,12,13). The third-order valence-electron chi connectivity index (χ3n) is 3.07. The SMILES string of the molecule is CC(C)CN1CCN(S(=O)(=O)c2cn[nH]c2)CC1. The van der Waals surface area contributed by atoms with Crippen LogP contribution in [0.3, 0.4) is 0 Å². The highest BCUT2D eigenvalue weighted by molar-refractivity contribution is 7.89. The van der Waals surface area contributed by atoms with E-state index in [0.29, 0.717) is 19.0 Å². The second-order valence-electron chi connectivity index (χ2n) is 5.03. The van der Waals surface area contributed by atoms with Gasteiger partial charge in [0, 0.05) is 38.9 Å². The lowest BCUT2D eigenvalue weighted by Gasteiger charge is -2.34. The molecule has 0 amide bonds. The van der Waals surface area contributed by atoms with Gasteiger partial charge in [0.25, 0.3) is 0 Å². The fraction of sp³-hybridized carbons (Fsp3) is 0.727. The van der Waals surface area contributed by atoms with E-state index in [1.54, 1.807) is 0 Å². The summed E-state index contributed by atoms with van der Waals surface area (Å²) in [6.45, 7) is 8.09. The van der Waals surface area contributed by atoms with Gasteiger partial charge in [0.2, 0.25) is 10.0 Å². The summed E-state index contributed by atoms with van der Waals surface area (Å²) in [5.74, 6) is 0.613. The Kier molecular flexibility index (Phi) is 4.04. The molecule has 1 aliphatic rings. The van der Waals surface area contributed by atoms with Crippen LogP contribution in [0.1, 0.15) is 13.8 Å². The van der Waals surface area contributed by atoms with Crippen LogP contribution in [0, 0.1) is 5.92 Å². The summed E-state index contributed by atoms with van der Waals surface area (Å²) in [4.78, 5) is 2.56. The Balaban J connectivity index is 1.98. The third-order valence-corrected chi connectivity index (χ3v) is 4.93. The number of H-pyrrole nitrogens is 1. The van der Waals surface area contributed by atoms with Crippen LogP contribution in [0.25, 0.3) is 0 Å². The second kappa shape index (κ2) is 5.38. The Labute approximate surface area is 108 Å². The Hall–Kier alpha value is -0.920. The summed E-state index contributed by atoms with van der Waals surface area (Å²) in [6, 6.07) is 0. The van der Waals surface area contributed by atoms with Gasteiger partial charge in [0.1, 0.15) is 4.90 Å².